The standard InChI is InChI=1S/C10H15NO4S/c1-15-9-5-3-8(4-6-9)10(12)7-11-16(2,13)14/h3-6,10-12H,7H2,1-2H3. The highest BCUT2D eigenvalue weighted by atomic mass is 32.2. The van der Waals surface area contributed by atoms with Gasteiger partial charge in [-0.1, -0.05) is 12.1 Å². The highest BCUT2D eigenvalue weighted by molar-refractivity contribution is 7.88. The first-order valence-electron chi connectivity index (χ1n) is 4.69. The van der Waals surface area contributed by atoms with Crippen LogP contribution in [0, 0.1) is 0 Å². The van der Waals surface area contributed by atoms with E-state index in [-0.39, 0.29) is 6.54 Å². The summed E-state index contributed by atoms with van der Waals surface area (Å²) in [6.07, 6.45) is 0.189. The van der Waals surface area contributed by atoms with Crippen LogP contribution in [0.4, 0.5) is 0 Å². The van der Waals surface area contributed by atoms with Gasteiger partial charge in [0.25, 0.3) is 0 Å². The molecule has 1 aromatic carbocycles. The summed E-state index contributed by atoms with van der Waals surface area (Å²) in [5.74, 6) is 0.687. The molecule has 0 aliphatic heterocycles. The number of aliphatic hydroxyl groups is 1. The molecule has 0 saturated heterocycles. The second kappa shape index (κ2) is 5.29. The summed E-state index contributed by atoms with van der Waals surface area (Å²) < 4.78 is 28.9. The molecule has 0 radical (unpaired) electrons. The van der Waals surface area contributed by atoms with E-state index in [0.29, 0.717) is 11.3 Å². The van der Waals surface area contributed by atoms with Gasteiger partial charge in [0.2, 0.25) is 10.0 Å². The molecule has 0 amide bonds. The lowest BCUT2D eigenvalue weighted by molar-refractivity contribution is 0.182. The van der Waals surface area contributed by atoms with Gasteiger partial charge in [-0.3, -0.25) is 0 Å². The normalized spacial score (nSPS) is 13.4. The van der Waals surface area contributed by atoms with Crippen LogP contribution in [0.3, 0.4) is 0 Å². The predicted molar refractivity (Wildman–Crippen MR) is 60.8 cm³/mol. The third kappa shape index (κ3) is 4.18. The van der Waals surface area contributed by atoms with Crippen molar-refractivity contribution in [1.82, 2.24) is 4.72 Å². The lowest BCUT2D eigenvalue weighted by Gasteiger charge is -2.11. The number of hydrogen-bond acceptors (Lipinski definition) is 4. The smallest absolute Gasteiger partial charge is 0.208 e. The molecule has 6 heteroatoms. The van der Waals surface area contributed by atoms with E-state index < -0.39 is 16.1 Å². The van der Waals surface area contributed by atoms with Gasteiger partial charge in [0.15, 0.2) is 0 Å². The fourth-order valence-corrected chi connectivity index (χ4v) is 1.63. The molecule has 2 N–H and O–H groups in total. The molecule has 1 rings (SSSR count). The Kier molecular flexibility index (Phi) is 4.28. The van der Waals surface area contributed by atoms with Gasteiger partial charge in [0.1, 0.15) is 5.75 Å². The lowest BCUT2D eigenvalue weighted by atomic mass is 10.1. The molecule has 0 saturated carbocycles. The van der Waals surface area contributed by atoms with Crippen molar-refractivity contribution in [3.8, 4) is 5.75 Å². The number of rotatable bonds is 5. The maximum Gasteiger partial charge on any atom is 0.208 e. The fourth-order valence-electron chi connectivity index (χ4n) is 1.17. The molecule has 0 heterocycles. The van der Waals surface area contributed by atoms with Crippen LogP contribution in [0.25, 0.3) is 0 Å². The van der Waals surface area contributed by atoms with E-state index >= 15 is 0 Å². The van der Waals surface area contributed by atoms with Crippen LogP contribution in [0.15, 0.2) is 24.3 Å². The first-order valence-corrected chi connectivity index (χ1v) is 6.58. The van der Waals surface area contributed by atoms with E-state index in [2.05, 4.69) is 4.72 Å². The average molecular weight is 245 g/mol. The Labute approximate surface area is 95.1 Å². The van der Waals surface area contributed by atoms with Crippen molar-refractivity contribution in [2.75, 3.05) is 19.9 Å². The number of ether oxygens (including phenoxy) is 1. The topological polar surface area (TPSA) is 75.6 Å². The third-order valence-corrected chi connectivity index (χ3v) is 2.73. The highest BCUT2D eigenvalue weighted by Gasteiger charge is 2.10. The Morgan fingerprint density at radius 1 is 1.38 bits per heavy atom. The summed E-state index contributed by atoms with van der Waals surface area (Å²) >= 11 is 0. The first kappa shape index (κ1) is 13.0. The molecule has 0 bridgehead atoms. The Morgan fingerprint density at radius 3 is 2.38 bits per heavy atom. The Bertz CT molecular complexity index is 427. The van der Waals surface area contributed by atoms with Gasteiger partial charge in [0.05, 0.1) is 19.5 Å². The predicted octanol–water partition coefficient (Wildman–Crippen LogP) is 0.278. The van der Waals surface area contributed by atoms with Gasteiger partial charge < -0.3 is 9.84 Å². The SMILES string of the molecule is COc1ccc(C(O)CNS(C)(=O)=O)cc1. The summed E-state index contributed by atoms with van der Waals surface area (Å²) in [7, 11) is -1.72. The van der Waals surface area contributed by atoms with E-state index in [1.165, 1.54) is 0 Å². The minimum absolute atomic E-state index is 0.0365. The van der Waals surface area contributed by atoms with Crippen LogP contribution in [-0.4, -0.2) is 33.4 Å². The Hall–Kier alpha value is -1.11. The fraction of sp³-hybridized carbons (Fsp3) is 0.400. The number of benzene rings is 1. The summed E-state index contributed by atoms with van der Waals surface area (Å²) in [4.78, 5) is 0. The van der Waals surface area contributed by atoms with Crippen LogP contribution in [-0.2, 0) is 10.0 Å². The van der Waals surface area contributed by atoms with E-state index in [1.807, 2.05) is 0 Å². The second-order valence-electron chi connectivity index (χ2n) is 3.41. The van der Waals surface area contributed by atoms with E-state index in [1.54, 1.807) is 31.4 Å². The van der Waals surface area contributed by atoms with Crippen LogP contribution in [0.5, 0.6) is 5.75 Å². The van der Waals surface area contributed by atoms with Crippen molar-refractivity contribution in [2.24, 2.45) is 0 Å². The summed E-state index contributed by atoms with van der Waals surface area (Å²) in [5.41, 5.74) is 0.636. The third-order valence-electron chi connectivity index (χ3n) is 2.04. The van der Waals surface area contributed by atoms with Gasteiger partial charge in [-0.2, -0.15) is 0 Å². The van der Waals surface area contributed by atoms with Crippen LogP contribution < -0.4 is 9.46 Å². The van der Waals surface area contributed by atoms with Crippen LogP contribution in [0.2, 0.25) is 0 Å². The molecule has 0 aliphatic carbocycles. The molecule has 1 atom stereocenters. The van der Waals surface area contributed by atoms with Crippen molar-refractivity contribution in [3.05, 3.63) is 29.8 Å². The number of sulfonamides is 1. The van der Waals surface area contributed by atoms with Crippen molar-refractivity contribution in [1.29, 1.82) is 0 Å². The van der Waals surface area contributed by atoms with Crippen molar-refractivity contribution < 1.29 is 18.3 Å². The van der Waals surface area contributed by atoms with Crippen molar-refractivity contribution in [3.63, 3.8) is 0 Å². The molecular weight excluding hydrogens is 230 g/mol. The zero-order valence-corrected chi connectivity index (χ0v) is 9.99. The second-order valence-corrected chi connectivity index (χ2v) is 5.24. The molecule has 0 spiro atoms. The quantitative estimate of drug-likeness (QED) is 0.781. The Morgan fingerprint density at radius 2 is 1.94 bits per heavy atom. The minimum atomic E-state index is -3.27. The molecule has 0 fully saturated rings. The lowest BCUT2D eigenvalue weighted by Crippen LogP contribution is -2.27. The van der Waals surface area contributed by atoms with Gasteiger partial charge in [-0.15, -0.1) is 0 Å². The minimum Gasteiger partial charge on any atom is -0.497 e. The maximum absolute atomic E-state index is 10.8. The molecule has 1 unspecified atom stereocenters. The molecule has 16 heavy (non-hydrogen) atoms. The maximum atomic E-state index is 10.8. The summed E-state index contributed by atoms with van der Waals surface area (Å²) in [6.45, 7) is -0.0365. The molecule has 1 aromatic rings. The largest absolute Gasteiger partial charge is 0.497 e. The highest BCUT2D eigenvalue weighted by Crippen LogP contribution is 2.16. The zero-order chi connectivity index (χ0) is 12.2. The average Bonchev–Trinajstić information content (AvgIpc) is 2.25. The molecule has 0 aliphatic rings. The summed E-state index contributed by atoms with van der Waals surface area (Å²) in [5, 5.41) is 9.68. The van der Waals surface area contributed by atoms with Crippen LogP contribution in [0.1, 0.15) is 11.7 Å². The molecule has 5 nitrogen and oxygen atoms in total. The number of aliphatic hydroxyl groups excluding tert-OH is 1. The number of methoxy groups -OCH3 is 1. The molecule has 0 aromatic heterocycles. The van der Waals surface area contributed by atoms with E-state index in [9.17, 15) is 13.5 Å². The number of nitrogens with one attached hydrogen (secondary N) is 1. The van der Waals surface area contributed by atoms with Gasteiger partial charge in [-0.05, 0) is 17.7 Å². The number of hydrogen-bond donors (Lipinski definition) is 2. The summed E-state index contributed by atoms with van der Waals surface area (Å²) in [6, 6.07) is 6.79. The Balaban J connectivity index is 2.62. The first-order chi connectivity index (χ1) is 7.42. The van der Waals surface area contributed by atoms with Gasteiger partial charge in [-0.25, -0.2) is 13.1 Å². The zero-order valence-electron chi connectivity index (χ0n) is 9.17. The van der Waals surface area contributed by atoms with Gasteiger partial charge >= 0.3 is 0 Å². The molecule has 90 valence electrons. The monoisotopic (exact) mass is 245 g/mol. The van der Waals surface area contributed by atoms with Crippen molar-refractivity contribution in [2.45, 2.75) is 6.10 Å². The van der Waals surface area contributed by atoms with Gasteiger partial charge in [0, 0.05) is 6.54 Å². The van der Waals surface area contributed by atoms with Crippen molar-refractivity contribution >= 4 is 10.0 Å². The van der Waals surface area contributed by atoms with E-state index in [4.69, 9.17) is 4.74 Å². The van der Waals surface area contributed by atoms with Crippen LogP contribution >= 0.6 is 0 Å². The molecular formula is C10H15NO4S. The van der Waals surface area contributed by atoms with E-state index in [0.717, 1.165) is 6.26 Å².